The highest BCUT2D eigenvalue weighted by Gasteiger charge is 2.37. The number of hydrogen-bond donors (Lipinski definition) is 2. The van der Waals surface area contributed by atoms with Crippen LogP contribution in [-0.2, 0) is 0 Å². The van der Waals surface area contributed by atoms with Gasteiger partial charge in [0.15, 0.2) is 0 Å². The first-order valence-corrected chi connectivity index (χ1v) is 11.6. The maximum atomic E-state index is 12.9. The van der Waals surface area contributed by atoms with Gasteiger partial charge in [-0.25, -0.2) is 4.98 Å². The number of carbonyl (C=O) groups is 1. The van der Waals surface area contributed by atoms with Crippen molar-refractivity contribution in [2.24, 2.45) is 5.41 Å². The van der Waals surface area contributed by atoms with Crippen molar-refractivity contribution in [2.75, 3.05) is 29.0 Å². The molecule has 32 heavy (non-hydrogen) atoms. The summed E-state index contributed by atoms with van der Waals surface area (Å²) in [5, 5.41) is 2.95. The fourth-order valence-corrected chi connectivity index (χ4v) is 5.21. The van der Waals surface area contributed by atoms with Crippen molar-refractivity contribution in [2.45, 2.75) is 38.5 Å². The van der Waals surface area contributed by atoms with Gasteiger partial charge in [-0.15, -0.1) is 0 Å². The molecule has 1 spiro atoms. The Bertz CT molecular complexity index is 1080. The summed E-state index contributed by atoms with van der Waals surface area (Å²) >= 11 is 0. The standard InChI is InChI=1S/C27H30N4O/c28-23-10-8-21(20-6-2-1-3-7-20)18-24(23)30-26(32)22-9-11-25(29-19-22)31-16-14-27(15-17-31)12-4-5-13-27/h1-3,6-11,18-19H,4-5,12-17,28H2,(H,30,32). The van der Waals surface area contributed by atoms with Gasteiger partial charge >= 0.3 is 0 Å². The number of nitrogens with two attached hydrogens (primary N) is 1. The normalized spacial score (nSPS) is 17.4. The molecule has 1 saturated carbocycles. The van der Waals surface area contributed by atoms with Crippen molar-refractivity contribution >= 4 is 23.1 Å². The molecule has 5 heteroatoms. The van der Waals surface area contributed by atoms with Crippen LogP contribution in [0.3, 0.4) is 0 Å². The summed E-state index contributed by atoms with van der Waals surface area (Å²) in [6.07, 6.45) is 9.75. The second-order valence-corrected chi connectivity index (χ2v) is 9.22. The highest BCUT2D eigenvalue weighted by Crippen LogP contribution is 2.46. The zero-order valence-corrected chi connectivity index (χ0v) is 18.4. The van der Waals surface area contributed by atoms with E-state index >= 15 is 0 Å². The molecule has 1 saturated heterocycles. The van der Waals surface area contributed by atoms with Gasteiger partial charge in [0.05, 0.1) is 16.9 Å². The Morgan fingerprint density at radius 3 is 2.34 bits per heavy atom. The van der Waals surface area contributed by atoms with Crippen LogP contribution in [0.4, 0.5) is 17.2 Å². The van der Waals surface area contributed by atoms with Gasteiger partial charge in [-0.3, -0.25) is 4.79 Å². The Labute approximate surface area is 189 Å². The molecule has 2 fully saturated rings. The number of aromatic nitrogens is 1. The van der Waals surface area contributed by atoms with Crippen molar-refractivity contribution in [1.82, 2.24) is 4.98 Å². The van der Waals surface area contributed by atoms with E-state index in [-0.39, 0.29) is 5.91 Å². The first-order chi connectivity index (χ1) is 15.6. The summed E-state index contributed by atoms with van der Waals surface area (Å²) < 4.78 is 0. The van der Waals surface area contributed by atoms with Gasteiger partial charge in [-0.2, -0.15) is 0 Å². The van der Waals surface area contributed by atoms with Crippen LogP contribution in [0.2, 0.25) is 0 Å². The minimum atomic E-state index is -0.204. The molecule has 2 heterocycles. The molecule has 0 radical (unpaired) electrons. The highest BCUT2D eigenvalue weighted by molar-refractivity contribution is 6.06. The number of rotatable bonds is 4. The Morgan fingerprint density at radius 2 is 1.66 bits per heavy atom. The molecule has 0 bridgehead atoms. The Kier molecular flexibility index (Phi) is 5.56. The summed E-state index contributed by atoms with van der Waals surface area (Å²) in [7, 11) is 0. The lowest BCUT2D eigenvalue weighted by Gasteiger charge is -2.40. The van der Waals surface area contributed by atoms with Crippen LogP contribution in [0.25, 0.3) is 11.1 Å². The van der Waals surface area contributed by atoms with Crippen molar-refractivity contribution < 1.29 is 4.79 Å². The lowest BCUT2D eigenvalue weighted by Crippen LogP contribution is -2.39. The Hall–Kier alpha value is -3.34. The van der Waals surface area contributed by atoms with Crippen molar-refractivity contribution in [3.8, 4) is 11.1 Å². The van der Waals surface area contributed by atoms with E-state index in [1.54, 1.807) is 6.20 Å². The molecule has 3 aromatic rings. The topological polar surface area (TPSA) is 71.2 Å². The zero-order chi connectivity index (χ0) is 22.0. The summed E-state index contributed by atoms with van der Waals surface area (Å²) in [5.74, 6) is 0.754. The van der Waals surface area contributed by atoms with E-state index in [2.05, 4.69) is 15.2 Å². The number of piperidine rings is 1. The number of pyridine rings is 1. The summed E-state index contributed by atoms with van der Waals surface area (Å²) in [5.41, 5.74) is 10.5. The molecule has 164 valence electrons. The van der Waals surface area contributed by atoms with Gasteiger partial charge in [-0.1, -0.05) is 49.2 Å². The number of amides is 1. The van der Waals surface area contributed by atoms with E-state index in [9.17, 15) is 4.79 Å². The van der Waals surface area contributed by atoms with Crippen LogP contribution in [-0.4, -0.2) is 24.0 Å². The molecule has 1 amide bonds. The predicted molar refractivity (Wildman–Crippen MR) is 131 cm³/mol. The lowest BCUT2D eigenvalue weighted by molar-refractivity contribution is 0.102. The van der Waals surface area contributed by atoms with Crippen molar-refractivity contribution in [3.05, 3.63) is 72.4 Å². The second kappa shape index (κ2) is 8.65. The molecular weight excluding hydrogens is 396 g/mol. The van der Waals surface area contributed by atoms with Crippen LogP contribution in [0.5, 0.6) is 0 Å². The molecule has 2 aromatic carbocycles. The van der Waals surface area contributed by atoms with E-state index in [4.69, 9.17) is 5.73 Å². The average Bonchev–Trinajstić information content (AvgIpc) is 3.29. The van der Waals surface area contributed by atoms with Gasteiger partial charge in [-0.05, 0) is 66.5 Å². The second-order valence-electron chi connectivity index (χ2n) is 9.22. The molecule has 0 atom stereocenters. The van der Waals surface area contributed by atoms with Gasteiger partial charge in [0.25, 0.3) is 5.91 Å². The number of anilines is 3. The van der Waals surface area contributed by atoms with Gasteiger partial charge in [0.1, 0.15) is 5.82 Å². The summed E-state index contributed by atoms with van der Waals surface area (Å²) in [4.78, 5) is 19.8. The molecule has 5 rings (SSSR count). The van der Waals surface area contributed by atoms with Crippen molar-refractivity contribution in [1.29, 1.82) is 0 Å². The fraction of sp³-hybridized carbons (Fsp3) is 0.333. The summed E-state index contributed by atoms with van der Waals surface area (Å²) in [6, 6.07) is 19.6. The molecule has 3 N–H and O–H groups in total. The van der Waals surface area contributed by atoms with Gasteiger partial charge in [0, 0.05) is 19.3 Å². The molecule has 1 aromatic heterocycles. The smallest absolute Gasteiger partial charge is 0.257 e. The zero-order valence-electron chi connectivity index (χ0n) is 18.4. The number of benzene rings is 2. The quantitative estimate of drug-likeness (QED) is 0.522. The molecule has 2 aliphatic rings. The minimum absolute atomic E-state index is 0.204. The molecule has 1 aliphatic carbocycles. The summed E-state index contributed by atoms with van der Waals surface area (Å²) in [6.45, 7) is 2.11. The Balaban J connectivity index is 1.26. The first kappa shape index (κ1) is 20.6. The Morgan fingerprint density at radius 1 is 0.906 bits per heavy atom. The number of nitrogen functional groups attached to an aromatic ring is 1. The number of hydrogen-bond acceptors (Lipinski definition) is 4. The van der Waals surface area contributed by atoms with E-state index < -0.39 is 0 Å². The number of nitrogens with one attached hydrogen (secondary N) is 1. The van der Waals surface area contributed by atoms with Crippen LogP contribution in [0, 0.1) is 5.41 Å². The van der Waals surface area contributed by atoms with Gasteiger partial charge in [0.2, 0.25) is 0 Å². The monoisotopic (exact) mass is 426 g/mol. The third-order valence-electron chi connectivity index (χ3n) is 7.23. The predicted octanol–water partition coefficient (Wildman–Crippen LogP) is 5.74. The maximum absolute atomic E-state index is 12.9. The van der Waals surface area contributed by atoms with Crippen molar-refractivity contribution in [3.63, 3.8) is 0 Å². The minimum Gasteiger partial charge on any atom is -0.397 e. The van der Waals surface area contributed by atoms with E-state index in [1.807, 2.05) is 60.7 Å². The number of carbonyl (C=O) groups excluding carboxylic acids is 1. The first-order valence-electron chi connectivity index (χ1n) is 11.6. The maximum Gasteiger partial charge on any atom is 0.257 e. The SMILES string of the molecule is Nc1ccc(-c2ccccc2)cc1NC(=O)c1ccc(N2CCC3(CCCC3)CC2)nc1. The van der Waals surface area contributed by atoms with Crippen LogP contribution in [0.1, 0.15) is 48.9 Å². The lowest BCUT2D eigenvalue weighted by atomic mass is 9.77. The fourth-order valence-electron chi connectivity index (χ4n) is 5.21. The molecule has 5 nitrogen and oxygen atoms in total. The van der Waals surface area contributed by atoms with Crippen LogP contribution in [0.15, 0.2) is 66.9 Å². The number of nitrogens with zero attached hydrogens (tertiary/aromatic N) is 2. The third kappa shape index (κ3) is 4.20. The molecular formula is C27H30N4O. The van der Waals surface area contributed by atoms with Crippen LogP contribution < -0.4 is 16.0 Å². The van der Waals surface area contributed by atoms with Crippen LogP contribution >= 0.6 is 0 Å². The van der Waals surface area contributed by atoms with E-state index in [0.717, 1.165) is 30.0 Å². The largest absolute Gasteiger partial charge is 0.397 e. The molecule has 1 aliphatic heterocycles. The van der Waals surface area contributed by atoms with E-state index in [0.29, 0.717) is 22.4 Å². The van der Waals surface area contributed by atoms with E-state index in [1.165, 1.54) is 38.5 Å². The third-order valence-corrected chi connectivity index (χ3v) is 7.23. The highest BCUT2D eigenvalue weighted by atomic mass is 16.1. The average molecular weight is 427 g/mol. The molecule has 0 unspecified atom stereocenters. The van der Waals surface area contributed by atoms with Gasteiger partial charge < -0.3 is 16.0 Å².